The van der Waals surface area contributed by atoms with Gasteiger partial charge in [-0.1, -0.05) is 15.9 Å². The van der Waals surface area contributed by atoms with E-state index in [0.717, 1.165) is 9.35 Å². The van der Waals surface area contributed by atoms with Gasteiger partial charge in [0.1, 0.15) is 0 Å². The molecule has 0 saturated heterocycles. The van der Waals surface area contributed by atoms with Crippen molar-refractivity contribution < 1.29 is 9.59 Å². The van der Waals surface area contributed by atoms with Crippen molar-refractivity contribution in [1.29, 1.82) is 0 Å². The zero-order valence-corrected chi connectivity index (χ0v) is 15.7. The van der Waals surface area contributed by atoms with Crippen molar-refractivity contribution in [2.24, 2.45) is 0 Å². The summed E-state index contributed by atoms with van der Waals surface area (Å²) in [6.45, 7) is 1.75. The maximum atomic E-state index is 12.5. The van der Waals surface area contributed by atoms with Crippen molar-refractivity contribution in [2.45, 2.75) is 20.0 Å². The van der Waals surface area contributed by atoms with Gasteiger partial charge in [0.15, 0.2) is 5.78 Å². The fourth-order valence-electron chi connectivity index (χ4n) is 2.31. The number of benzene rings is 1. The molecule has 0 aliphatic heterocycles. The number of nitrogens with zero attached hydrogens (tertiary/aromatic N) is 2. The topological polar surface area (TPSA) is 81.1 Å². The quantitative estimate of drug-likeness (QED) is 0.644. The summed E-state index contributed by atoms with van der Waals surface area (Å²) in [5.41, 5.74) is 0.334. The second-order valence-corrected chi connectivity index (χ2v) is 7.52. The van der Waals surface area contributed by atoms with Gasteiger partial charge >= 0.3 is 0 Å². The van der Waals surface area contributed by atoms with Crippen LogP contribution in [0.15, 0.2) is 45.9 Å². The van der Waals surface area contributed by atoms with Gasteiger partial charge in [0.2, 0.25) is 5.91 Å². The van der Waals surface area contributed by atoms with Gasteiger partial charge in [-0.05, 0) is 30.3 Å². The van der Waals surface area contributed by atoms with E-state index < -0.39 is 0 Å². The summed E-state index contributed by atoms with van der Waals surface area (Å²) in [5, 5.41) is 3.15. The Morgan fingerprint density at radius 3 is 2.84 bits per heavy atom. The van der Waals surface area contributed by atoms with E-state index in [1.807, 2.05) is 6.07 Å². The Balaban J connectivity index is 1.81. The summed E-state index contributed by atoms with van der Waals surface area (Å²) in [6, 6.07) is 8.77. The lowest BCUT2D eigenvalue weighted by atomic mass is 10.2. The van der Waals surface area contributed by atoms with Crippen molar-refractivity contribution in [2.75, 3.05) is 0 Å². The fourth-order valence-corrected chi connectivity index (χ4v) is 3.55. The number of nitrogens with one attached hydrogen (secondary N) is 1. The van der Waals surface area contributed by atoms with Crippen molar-refractivity contribution in [3.63, 3.8) is 0 Å². The molecule has 0 aliphatic rings. The minimum absolute atomic E-state index is 0.0750. The molecule has 6 nitrogen and oxygen atoms in total. The van der Waals surface area contributed by atoms with Crippen LogP contribution in [0.1, 0.15) is 21.5 Å². The molecule has 1 N–H and O–H groups in total. The molecule has 128 valence electrons. The largest absolute Gasteiger partial charge is 0.351 e. The number of carbonyl (C=O) groups excluding carboxylic acids is 2. The molecule has 25 heavy (non-hydrogen) atoms. The fraction of sp³-hybridized carbons (Fsp3) is 0.176. The molecule has 1 aromatic carbocycles. The lowest BCUT2D eigenvalue weighted by Crippen LogP contribution is -2.24. The first-order valence-electron chi connectivity index (χ1n) is 7.45. The van der Waals surface area contributed by atoms with Gasteiger partial charge < -0.3 is 5.32 Å². The molecule has 8 heteroatoms. The van der Waals surface area contributed by atoms with Crippen LogP contribution in [-0.4, -0.2) is 21.2 Å². The summed E-state index contributed by atoms with van der Waals surface area (Å²) in [7, 11) is 0. The molecule has 2 heterocycles. The van der Waals surface area contributed by atoms with Crippen LogP contribution in [-0.2, 0) is 17.9 Å². The number of Topliss-reactive ketones (excluding diaryl/α,β-unsaturated/α-hetero) is 1. The van der Waals surface area contributed by atoms with Gasteiger partial charge in [0, 0.05) is 16.3 Å². The van der Waals surface area contributed by atoms with Crippen LogP contribution < -0.4 is 10.9 Å². The minimum atomic E-state index is -0.255. The van der Waals surface area contributed by atoms with Crippen LogP contribution in [0.3, 0.4) is 0 Å². The van der Waals surface area contributed by atoms with E-state index in [9.17, 15) is 14.4 Å². The second kappa shape index (κ2) is 7.28. The number of carbonyl (C=O) groups is 2. The lowest BCUT2D eigenvalue weighted by Gasteiger charge is -2.05. The first kappa shape index (κ1) is 17.5. The number of ketones is 1. The van der Waals surface area contributed by atoms with Crippen LogP contribution in [0.5, 0.6) is 0 Å². The van der Waals surface area contributed by atoms with E-state index in [0.29, 0.717) is 22.3 Å². The Hall–Kier alpha value is -2.32. The van der Waals surface area contributed by atoms with Crippen molar-refractivity contribution in [3.05, 3.63) is 61.2 Å². The minimum Gasteiger partial charge on any atom is -0.351 e. The summed E-state index contributed by atoms with van der Waals surface area (Å²) < 4.78 is 2.09. The van der Waals surface area contributed by atoms with Crippen LogP contribution >= 0.6 is 27.3 Å². The lowest BCUT2D eigenvalue weighted by molar-refractivity contribution is -0.119. The van der Waals surface area contributed by atoms with Gasteiger partial charge in [0.05, 0.1) is 35.2 Å². The summed E-state index contributed by atoms with van der Waals surface area (Å²) in [6.07, 6.45) is 1.39. The van der Waals surface area contributed by atoms with E-state index in [1.54, 1.807) is 24.3 Å². The third-order valence-corrected chi connectivity index (χ3v) is 5.17. The Kier molecular flexibility index (Phi) is 5.10. The molecule has 0 aliphatic carbocycles. The third-order valence-electron chi connectivity index (χ3n) is 3.55. The number of aromatic nitrogens is 2. The molecule has 0 atom stereocenters. The first-order chi connectivity index (χ1) is 11.9. The van der Waals surface area contributed by atoms with E-state index >= 15 is 0 Å². The van der Waals surface area contributed by atoms with Crippen molar-refractivity contribution in [1.82, 2.24) is 14.9 Å². The molecule has 0 saturated carbocycles. The van der Waals surface area contributed by atoms with Crippen LogP contribution in [0.4, 0.5) is 0 Å². The first-order valence-corrected chi connectivity index (χ1v) is 9.06. The number of amides is 1. The molecule has 2 aromatic heterocycles. The van der Waals surface area contributed by atoms with Crippen LogP contribution in [0, 0.1) is 0 Å². The predicted octanol–water partition coefficient (Wildman–Crippen LogP) is 2.74. The summed E-state index contributed by atoms with van der Waals surface area (Å²) in [4.78, 5) is 41.6. The Morgan fingerprint density at radius 1 is 1.28 bits per heavy atom. The van der Waals surface area contributed by atoms with Crippen molar-refractivity contribution >= 4 is 49.9 Å². The van der Waals surface area contributed by atoms with E-state index in [2.05, 4.69) is 26.2 Å². The summed E-state index contributed by atoms with van der Waals surface area (Å²) in [5.74, 6) is -0.293. The second-order valence-electron chi connectivity index (χ2n) is 5.44. The van der Waals surface area contributed by atoms with Crippen LogP contribution in [0.2, 0.25) is 0 Å². The van der Waals surface area contributed by atoms with Gasteiger partial charge in [-0.3, -0.25) is 19.0 Å². The summed E-state index contributed by atoms with van der Waals surface area (Å²) >= 11 is 4.64. The molecular formula is C17H14BrN3O3S. The number of rotatable bonds is 5. The van der Waals surface area contributed by atoms with Gasteiger partial charge in [-0.2, -0.15) is 0 Å². The molecule has 3 aromatic rings. The zero-order chi connectivity index (χ0) is 18.0. The van der Waals surface area contributed by atoms with Gasteiger partial charge in [-0.15, -0.1) is 11.3 Å². The van der Waals surface area contributed by atoms with E-state index in [4.69, 9.17) is 0 Å². The monoisotopic (exact) mass is 419 g/mol. The highest BCUT2D eigenvalue weighted by atomic mass is 79.9. The van der Waals surface area contributed by atoms with Gasteiger partial charge in [-0.25, -0.2) is 4.98 Å². The Labute approximate surface area is 155 Å². The Morgan fingerprint density at radius 2 is 2.08 bits per heavy atom. The van der Waals surface area contributed by atoms with Gasteiger partial charge in [0.25, 0.3) is 5.56 Å². The SMILES string of the molecule is CC(=O)NCc1ccc(C(=O)Cn2cnc3ccc(Br)cc3c2=O)s1. The highest BCUT2D eigenvalue weighted by molar-refractivity contribution is 9.10. The molecule has 0 spiro atoms. The molecule has 3 rings (SSSR count). The number of thiophene rings is 1. The normalized spacial score (nSPS) is 10.8. The molecular weight excluding hydrogens is 406 g/mol. The molecule has 0 fully saturated rings. The van der Waals surface area contributed by atoms with Crippen molar-refractivity contribution in [3.8, 4) is 0 Å². The Bertz CT molecular complexity index is 1030. The number of fused-ring (bicyclic) bond motifs is 1. The predicted molar refractivity (Wildman–Crippen MR) is 99.9 cm³/mol. The molecule has 0 unspecified atom stereocenters. The standard InChI is InChI=1S/C17H14BrN3O3S/c1-10(22)19-7-12-3-5-16(25-12)15(23)8-21-9-20-14-4-2-11(18)6-13(14)17(21)24/h2-6,9H,7-8H2,1H3,(H,19,22). The average molecular weight is 420 g/mol. The smallest absolute Gasteiger partial charge is 0.261 e. The zero-order valence-electron chi connectivity index (χ0n) is 13.3. The third kappa shape index (κ3) is 4.02. The highest BCUT2D eigenvalue weighted by Gasteiger charge is 2.13. The number of halogens is 1. The number of hydrogen-bond acceptors (Lipinski definition) is 5. The van der Waals surface area contributed by atoms with E-state index in [1.165, 1.54) is 29.2 Å². The maximum absolute atomic E-state index is 12.5. The van der Waals surface area contributed by atoms with E-state index in [-0.39, 0.29) is 23.8 Å². The molecule has 0 bridgehead atoms. The van der Waals surface area contributed by atoms with Crippen LogP contribution in [0.25, 0.3) is 10.9 Å². The number of hydrogen-bond donors (Lipinski definition) is 1. The average Bonchev–Trinajstić information content (AvgIpc) is 3.05. The highest BCUT2D eigenvalue weighted by Crippen LogP contribution is 2.18. The molecule has 0 radical (unpaired) electrons. The molecule has 1 amide bonds. The maximum Gasteiger partial charge on any atom is 0.261 e.